The molecule has 1 saturated carbocycles. The molecule has 0 unspecified atom stereocenters. The van der Waals surface area contributed by atoms with Crippen molar-refractivity contribution < 1.29 is 8.42 Å². The number of aryl methyl sites for hydroxylation is 1. The number of hydrogen-bond donors (Lipinski definition) is 2. The van der Waals surface area contributed by atoms with Crippen molar-refractivity contribution in [3.63, 3.8) is 0 Å². The van der Waals surface area contributed by atoms with E-state index in [4.69, 9.17) is 11.6 Å². The van der Waals surface area contributed by atoms with E-state index in [0.29, 0.717) is 23.6 Å². The second-order valence-corrected chi connectivity index (χ2v) is 11.9. The van der Waals surface area contributed by atoms with Crippen molar-refractivity contribution in [3.05, 3.63) is 76.6 Å². The van der Waals surface area contributed by atoms with Crippen molar-refractivity contribution in [2.45, 2.75) is 43.5 Å². The summed E-state index contributed by atoms with van der Waals surface area (Å²) in [6.45, 7) is 2.84. The number of aromatic nitrogens is 2. The molecule has 9 heteroatoms. The number of benzene rings is 2. The zero-order valence-corrected chi connectivity index (χ0v) is 23.1. The number of rotatable bonds is 9. The van der Waals surface area contributed by atoms with E-state index < -0.39 is 10.0 Å². The Labute approximate surface area is 225 Å². The van der Waals surface area contributed by atoms with E-state index in [1.807, 2.05) is 25.1 Å². The van der Waals surface area contributed by atoms with E-state index in [9.17, 15) is 8.42 Å². The van der Waals surface area contributed by atoms with E-state index in [-0.39, 0.29) is 9.92 Å². The Hall–Kier alpha value is -2.94. The molecule has 37 heavy (non-hydrogen) atoms. The lowest BCUT2D eigenvalue weighted by Crippen LogP contribution is -2.33. The molecule has 0 aliphatic heterocycles. The number of nitrogens with one attached hydrogen (secondary N) is 2. The SMILES string of the molecule is Cc1cc(NS(=O)(=O)c2ccccc2Cl)ccc1/C=C/c1cnc(NCC2CCC(N(C)C)CC2)nc1. The lowest BCUT2D eigenvalue weighted by Gasteiger charge is -2.32. The van der Waals surface area contributed by atoms with Crippen molar-refractivity contribution in [2.24, 2.45) is 5.92 Å². The van der Waals surface area contributed by atoms with Gasteiger partial charge < -0.3 is 10.2 Å². The molecule has 0 bridgehead atoms. The zero-order chi connectivity index (χ0) is 26.4. The summed E-state index contributed by atoms with van der Waals surface area (Å²) in [6, 6.07) is 12.5. The molecule has 1 heterocycles. The first-order valence-corrected chi connectivity index (χ1v) is 14.4. The predicted octanol–water partition coefficient (Wildman–Crippen LogP) is 5.94. The van der Waals surface area contributed by atoms with Gasteiger partial charge in [-0.25, -0.2) is 18.4 Å². The molecular weight excluding hydrogens is 506 g/mol. The smallest absolute Gasteiger partial charge is 0.263 e. The van der Waals surface area contributed by atoms with Crippen molar-refractivity contribution >= 4 is 45.4 Å². The molecule has 1 aliphatic rings. The van der Waals surface area contributed by atoms with Crippen molar-refractivity contribution in [1.82, 2.24) is 14.9 Å². The number of anilines is 2. The minimum Gasteiger partial charge on any atom is -0.354 e. The molecular formula is C28H34ClN5O2S. The maximum Gasteiger partial charge on any atom is 0.263 e. The fourth-order valence-electron chi connectivity index (χ4n) is 4.60. The summed E-state index contributed by atoms with van der Waals surface area (Å²) in [5.41, 5.74) is 3.26. The maximum absolute atomic E-state index is 12.7. The van der Waals surface area contributed by atoms with Crippen molar-refractivity contribution in [2.75, 3.05) is 30.7 Å². The molecule has 3 aromatic rings. The van der Waals surface area contributed by atoms with E-state index in [2.05, 4.69) is 39.0 Å². The van der Waals surface area contributed by atoms with Crippen LogP contribution in [0.25, 0.3) is 12.2 Å². The Kier molecular flexibility index (Phi) is 8.84. The maximum atomic E-state index is 12.7. The lowest BCUT2D eigenvalue weighted by atomic mass is 9.85. The van der Waals surface area contributed by atoms with Crippen molar-refractivity contribution in [1.29, 1.82) is 0 Å². The van der Waals surface area contributed by atoms with Gasteiger partial charge in [0.2, 0.25) is 5.95 Å². The quantitative estimate of drug-likeness (QED) is 0.350. The third-order valence-corrected chi connectivity index (χ3v) is 8.75. The van der Waals surface area contributed by atoms with Crippen LogP contribution in [-0.4, -0.2) is 50.0 Å². The highest BCUT2D eigenvalue weighted by molar-refractivity contribution is 7.92. The first-order valence-electron chi connectivity index (χ1n) is 12.5. The summed E-state index contributed by atoms with van der Waals surface area (Å²) in [7, 11) is 0.552. The molecule has 2 aromatic carbocycles. The van der Waals surface area contributed by atoms with Gasteiger partial charge in [-0.05, 0) is 88.0 Å². The summed E-state index contributed by atoms with van der Waals surface area (Å²) in [6.07, 6.45) is 12.5. The Morgan fingerprint density at radius 1 is 1.03 bits per heavy atom. The van der Waals surface area contributed by atoms with Gasteiger partial charge in [-0.15, -0.1) is 0 Å². The Balaban J connectivity index is 1.32. The summed E-state index contributed by atoms with van der Waals surface area (Å²) < 4.78 is 28.0. The largest absolute Gasteiger partial charge is 0.354 e. The van der Waals surface area contributed by atoms with Crippen LogP contribution in [0.2, 0.25) is 5.02 Å². The average Bonchev–Trinajstić information content (AvgIpc) is 2.88. The van der Waals surface area contributed by atoms with Crippen LogP contribution in [0.4, 0.5) is 11.6 Å². The van der Waals surface area contributed by atoms with Crippen LogP contribution in [0, 0.1) is 12.8 Å². The van der Waals surface area contributed by atoms with Gasteiger partial charge in [0.25, 0.3) is 10.0 Å². The van der Waals surface area contributed by atoms with Gasteiger partial charge in [0.15, 0.2) is 0 Å². The molecule has 0 amide bonds. The lowest BCUT2D eigenvalue weighted by molar-refractivity contribution is 0.198. The molecule has 1 fully saturated rings. The van der Waals surface area contributed by atoms with Gasteiger partial charge in [0.1, 0.15) is 4.90 Å². The van der Waals surface area contributed by atoms with Gasteiger partial charge in [-0.1, -0.05) is 42.0 Å². The molecule has 0 saturated heterocycles. The summed E-state index contributed by atoms with van der Waals surface area (Å²) >= 11 is 6.06. The fraction of sp³-hybridized carbons (Fsp3) is 0.357. The number of sulfonamides is 1. The highest BCUT2D eigenvalue weighted by Gasteiger charge is 2.22. The van der Waals surface area contributed by atoms with Crippen LogP contribution >= 0.6 is 11.6 Å². The first-order chi connectivity index (χ1) is 17.7. The summed E-state index contributed by atoms with van der Waals surface area (Å²) in [5, 5.41) is 3.57. The third kappa shape index (κ3) is 7.31. The monoisotopic (exact) mass is 539 g/mol. The number of hydrogen-bond acceptors (Lipinski definition) is 6. The van der Waals surface area contributed by atoms with Crippen LogP contribution < -0.4 is 10.0 Å². The van der Waals surface area contributed by atoms with Gasteiger partial charge in [-0.3, -0.25) is 4.72 Å². The Morgan fingerprint density at radius 3 is 2.38 bits per heavy atom. The topological polar surface area (TPSA) is 87.2 Å². The van der Waals surface area contributed by atoms with Crippen molar-refractivity contribution in [3.8, 4) is 0 Å². The number of nitrogens with zero attached hydrogens (tertiary/aromatic N) is 3. The highest BCUT2D eigenvalue weighted by atomic mass is 35.5. The Bertz CT molecular complexity index is 1330. The van der Waals surface area contributed by atoms with Crippen LogP contribution in [0.1, 0.15) is 42.4 Å². The molecule has 7 nitrogen and oxygen atoms in total. The third-order valence-electron chi connectivity index (χ3n) is 6.87. The van der Waals surface area contributed by atoms with Crippen LogP contribution in [0.15, 0.2) is 59.8 Å². The average molecular weight is 540 g/mol. The van der Waals surface area contributed by atoms with Crippen LogP contribution in [0.5, 0.6) is 0 Å². The second-order valence-electron chi connectivity index (χ2n) is 9.80. The summed E-state index contributed by atoms with van der Waals surface area (Å²) in [5.74, 6) is 1.32. The standard InChI is InChI=1S/C28H34ClN5O2S/c1-20-16-24(33-37(35,36)27-7-5-4-6-26(27)29)13-12-23(20)11-8-22-18-31-28(32-19-22)30-17-21-9-14-25(15-10-21)34(2)3/h4-8,11-13,16,18-19,21,25,33H,9-10,14-15,17H2,1-3H3,(H,30,31,32)/b11-8+. The molecule has 4 rings (SSSR count). The molecule has 0 atom stereocenters. The summed E-state index contributed by atoms with van der Waals surface area (Å²) in [4.78, 5) is 11.3. The van der Waals surface area contributed by atoms with Gasteiger partial charge in [-0.2, -0.15) is 0 Å². The minimum absolute atomic E-state index is 0.0490. The first kappa shape index (κ1) is 27.1. The van der Waals surface area contributed by atoms with Gasteiger partial charge in [0.05, 0.1) is 5.02 Å². The molecule has 0 spiro atoms. The molecule has 1 aromatic heterocycles. The molecule has 1 aliphatic carbocycles. The normalized spacial score (nSPS) is 18.3. The van der Waals surface area contributed by atoms with E-state index >= 15 is 0 Å². The fourth-order valence-corrected chi connectivity index (χ4v) is 6.17. The zero-order valence-electron chi connectivity index (χ0n) is 21.5. The van der Waals surface area contributed by atoms with Gasteiger partial charge in [0, 0.05) is 36.2 Å². The molecule has 196 valence electrons. The van der Waals surface area contributed by atoms with Crippen LogP contribution in [0.3, 0.4) is 0 Å². The van der Waals surface area contributed by atoms with E-state index in [1.165, 1.54) is 31.7 Å². The highest BCUT2D eigenvalue weighted by Crippen LogP contribution is 2.27. The van der Waals surface area contributed by atoms with Gasteiger partial charge >= 0.3 is 0 Å². The molecule has 2 N–H and O–H groups in total. The minimum atomic E-state index is -3.78. The molecule has 0 radical (unpaired) electrons. The van der Waals surface area contributed by atoms with E-state index in [0.717, 1.165) is 23.2 Å². The Morgan fingerprint density at radius 2 is 1.73 bits per heavy atom. The van der Waals surface area contributed by atoms with Crippen LogP contribution in [-0.2, 0) is 10.0 Å². The van der Waals surface area contributed by atoms with E-state index in [1.54, 1.807) is 42.7 Å². The number of halogens is 1. The predicted molar refractivity (Wildman–Crippen MR) is 152 cm³/mol. The second kappa shape index (κ2) is 12.1.